The standard InChI is InChI=1S/C12H9Cl3N2O2S/c1-7-11(4-5-12(15)16-7)17-20(18,19)8-2-3-9(13)10(14)6-8/h2-6,17H,1H3. The smallest absolute Gasteiger partial charge is 0.262 e. The number of benzene rings is 1. The van der Waals surface area contributed by atoms with Crippen LogP contribution >= 0.6 is 34.8 Å². The van der Waals surface area contributed by atoms with Crippen LogP contribution in [0.3, 0.4) is 0 Å². The molecule has 0 unspecified atom stereocenters. The molecule has 2 aromatic rings. The summed E-state index contributed by atoms with van der Waals surface area (Å²) in [6.45, 7) is 1.65. The fraction of sp³-hybridized carbons (Fsp3) is 0.0833. The summed E-state index contributed by atoms with van der Waals surface area (Å²) in [5, 5.41) is 0.746. The molecule has 0 saturated carbocycles. The topological polar surface area (TPSA) is 59.1 Å². The Morgan fingerprint density at radius 1 is 1.05 bits per heavy atom. The molecule has 0 amide bonds. The number of pyridine rings is 1. The van der Waals surface area contributed by atoms with Gasteiger partial charge in [0.1, 0.15) is 5.15 Å². The highest BCUT2D eigenvalue weighted by atomic mass is 35.5. The summed E-state index contributed by atoms with van der Waals surface area (Å²) in [5.41, 5.74) is 0.821. The van der Waals surface area contributed by atoms with Crippen LogP contribution in [0.1, 0.15) is 5.69 Å². The van der Waals surface area contributed by atoms with Crippen LogP contribution in [0.5, 0.6) is 0 Å². The van der Waals surface area contributed by atoms with E-state index in [-0.39, 0.29) is 14.9 Å². The Morgan fingerprint density at radius 2 is 1.75 bits per heavy atom. The molecule has 0 aliphatic heterocycles. The normalized spacial score (nSPS) is 11.4. The first kappa shape index (κ1) is 15.4. The van der Waals surface area contributed by atoms with Crippen LogP contribution in [0, 0.1) is 6.92 Å². The summed E-state index contributed by atoms with van der Waals surface area (Å²) in [6, 6.07) is 7.12. The third-order valence-corrected chi connectivity index (χ3v) is 4.81. The second kappa shape index (κ2) is 5.77. The first-order chi connectivity index (χ1) is 9.29. The van der Waals surface area contributed by atoms with Crippen molar-refractivity contribution < 1.29 is 8.42 Å². The van der Waals surface area contributed by atoms with Gasteiger partial charge in [-0.25, -0.2) is 13.4 Å². The lowest BCUT2D eigenvalue weighted by Gasteiger charge is -2.10. The Balaban J connectivity index is 2.38. The van der Waals surface area contributed by atoms with Gasteiger partial charge in [-0.1, -0.05) is 34.8 Å². The van der Waals surface area contributed by atoms with Gasteiger partial charge in [-0.2, -0.15) is 0 Å². The third kappa shape index (κ3) is 3.35. The lowest BCUT2D eigenvalue weighted by molar-refractivity contribution is 0.601. The monoisotopic (exact) mass is 350 g/mol. The van der Waals surface area contributed by atoms with Crippen LogP contribution < -0.4 is 4.72 Å². The number of rotatable bonds is 3. The van der Waals surface area contributed by atoms with Crippen molar-refractivity contribution in [3.8, 4) is 0 Å². The van der Waals surface area contributed by atoms with E-state index in [0.29, 0.717) is 16.5 Å². The highest BCUT2D eigenvalue weighted by molar-refractivity contribution is 7.92. The van der Waals surface area contributed by atoms with Gasteiger partial charge in [0.2, 0.25) is 0 Å². The van der Waals surface area contributed by atoms with E-state index in [0.717, 1.165) is 0 Å². The highest BCUT2D eigenvalue weighted by Gasteiger charge is 2.17. The van der Waals surface area contributed by atoms with Gasteiger partial charge in [-0.3, -0.25) is 4.72 Å². The van der Waals surface area contributed by atoms with E-state index in [1.807, 2.05) is 0 Å². The van der Waals surface area contributed by atoms with Crippen LogP contribution in [0.15, 0.2) is 35.2 Å². The minimum Gasteiger partial charge on any atom is -0.278 e. The maximum atomic E-state index is 12.2. The SMILES string of the molecule is Cc1nc(Cl)ccc1NS(=O)(=O)c1ccc(Cl)c(Cl)c1. The average molecular weight is 352 g/mol. The van der Waals surface area contributed by atoms with E-state index >= 15 is 0 Å². The molecule has 0 aliphatic rings. The predicted molar refractivity (Wildman–Crippen MR) is 81.3 cm³/mol. The van der Waals surface area contributed by atoms with Gasteiger partial charge < -0.3 is 0 Å². The zero-order valence-electron chi connectivity index (χ0n) is 10.2. The Morgan fingerprint density at radius 3 is 2.35 bits per heavy atom. The molecule has 0 fully saturated rings. The summed E-state index contributed by atoms with van der Waals surface area (Å²) < 4.78 is 26.9. The number of aromatic nitrogens is 1. The summed E-state index contributed by atoms with van der Waals surface area (Å²) in [7, 11) is -3.76. The van der Waals surface area contributed by atoms with Gasteiger partial charge in [-0.05, 0) is 37.3 Å². The zero-order valence-corrected chi connectivity index (χ0v) is 13.3. The lowest BCUT2D eigenvalue weighted by atomic mass is 10.3. The van der Waals surface area contributed by atoms with Crippen molar-refractivity contribution in [3.05, 3.63) is 51.2 Å². The Bertz CT molecular complexity index is 763. The van der Waals surface area contributed by atoms with Gasteiger partial charge in [0.05, 0.1) is 26.3 Å². The number of anilines is 1. The summed E-state index contributed by atoms with van der Waals surface area (Å²) >= 11 is 17.3. The molecule has 0 atom stereocenters. The average Bonchev–Trinajstić information content (AvgIpc) is 2.36. The summed E-state index contributed by atoms with van der Waals surface area (Å²) in [6.07, 6.45) is 0. The Labute approximate surface area is 131 Å². The molecule has 8 heteroatoms. The van der Waals surface area contributed by atoms with Crippen molar-refractivity contribution in [3.63, 3.8) is 0 Å². The maximum absolute atomic E-state index is 12.2. The number of nitrogens with one attached hydrogen (secondary N) is 1. The number of hydrogen-bond donors (Lipinski definition) is 1. The van der Waals surface area contributed by atoms with Crippen LogP contribution in [0.2, 0.25) is 15.2 Å². The molecule has 1 aromatic carbocycles. The molecule has 1 aromatic heterocycles. The van der Waals surface area contributed by atoms with E-state index < -0.39 is 10.0 Å². The fourth-order valence-electron chi connectivity index (χ4n) is 1.49. The third-order valence-electron chi connectivity index (χ3n) is 2.50. The van der Waals surface area contributed by atoms with Crippen LogP contribution in [-0.4, -0.2) is 13.4 Å². The summed E-state index contributed by atoms with van der Waals surface area (Å²) in [5.74, 6) is 0. The molecule has 1 N–H and O–H groups in total. The number of nitrogens with zero attached hydrogens (tertiary/aromatic N) is 1. The molecular formula is C12H9Cl3N2O2S. The summed E-state index contributed by atoms with van der Waals surface area (Å²) in [4.78, 5) is 3.99. The van der Waals surface area contributed by atoms with Gasteiger partial charge in [0, 0.05) is 0 Å². The van der Waals surface area contributed by atoms with Crippen molar-refractivity contribution in [2.75, 3.05) is 4.72 Å². The Kier molecular flexibility index (Phi) is 4.44. The molecule has 4 nitrogen and oxygen atoms in total. The number of aryl methyl sites for hydroxylation is 1. The second-order valence-corrected chi connectivity index (χ2v) is 6.83. The van der Waals surface area contributed by atoms with E-state index in [1.54, 1.807) is 13.0 Å². The molecule has 20 heavy (non-hydrogen) atoms. The quantitative estimate of drug-likeness (QED) is 0.845. The molecule has 0 bridgehead atoms. The van der Waals surface area contributed by atoms with Crippen molar-refractivity contribution in [2.24, 2.45) is 0 Å². The van der Waals surface area contributed by atoms with Crippen LogP contribution in [-0.2, 0) is 10.0 Å². The minimum atomic E-state index is -3.76. The van der Waals surface area contributed by atoms with Crippen molar-refractivity contribution in [2.45, 2.75) is 11.8 Å². The number of hydrogen-bond acceptors (Lipinski definition) is 3. The molecule has 2 rings (SSSR count). The molecule has 0 saturated heterocycles. The lowest BCUT2D eigenvalue weighted by Crippen LogP contribution is -2.14. The van der Waals surface area contributed by atoms with Gasteiger partial charge in [0.15, 0.2) is 0 Å². The molecule has 1 heterocycles. The Hall–Kier alpha value is -1.01. The second-order valence-electron chi connectivity index (χ2n) is 3.95. The van der Waals surface area contributed by atoms with Gasteiger partial charge in [0.25, 0.3) is 10.0 Å². The number of halogens is 3. The van der Waals surface area contributed by atoms with E-state index in [1.165, 1.54) is 24.3 Å². The van der Waals surface area contributed by atoms with E-state index in [4.69, 9.17) is 34.8 Å². The first-order valence-electron chi connectivity index (χ1n) is 5.40. The van der Waals surface area contributed by atoms with Crippen molar-refractivity contribution in [1.82, 2.24) is 4.98 Å². The van der Waals surface area contributed by atoms with Crippen molar-refractivity contribution in [1.29, 1.82) is 0 Å². The zero-order chi connectivity index (χ0) is 14.9. The highest BCUT2D eigenvalue weighted by Crippen LogP contribution is 2.26. The molecule has 0 aliphatic carbocycles. The maximum Gasteiger partial charge on any atom is 0.262 e. The fourth-order valence-corrected chi connectivity index (χ4v) is 3.18. The van der Waals surface area contributed by atoms with Crippen LogP contribution in [0.4, 0.5) is 5.69 Å². The first-order valence-corrected chi connectivity index (χ1v) is 8.02. The van der Waals surface area contributed by atoms with E-state index in [2.05, 4.69) is 9.71 Å². The van der Waals surface area contributed by atoms with Crippen molar-refractivity contribution >= 4 is 50.5 Å². The molecule has 106 valence electrons. The number of sulfonamides is 1. The minimum absolute atomic E-state index is 0.0150. The van der Waals surface area contributed by atoms with Gasteiger partial charge in [-0.15, -0.1) is 0 Å². The van der Waals surface area contributed by atoms with Crippen LogP contribution in [0.25, 0.3) is 0 Å². The molecule has 0 spiro atoms. The van der Waals surface area contributed by atoms with E-state index in [9.17, 15) is 8.42 Å². The van der Waals surface area contributed by atoms with Gasteiger partial charge >= 0.3 is 0 Å². The largest absolute Gasteiger partial charge is 0.278 e. The molecular weight excluding hydrogens is 343 g/mol. The predicted octanol–water partition coefficient (Wildman–Crippen LogP) is 4.15. The molecule has 0 radical (unpaired) electrons.